The molecule has 0 aliphatic rings. The normalized spacial score (nSPS) is 10.4. The number of rotatable bonds is 3. The van der Waals surface area contributed by atoms with Gasteiger partial charge in [0.15, 0.2) is 0 Å². The molecule has 0 saturated carbocycles. The summed E-state index contributed by atoms with van der Waals surface area (Å²) in [5, 5.41) is 8.88. The fraction of sp³-hybridized carbons (Fsp3) is 0.385. The van der Waals surface area contributed by atoms with E-state index < -0.39 is 5.97 Å². The van der Waals surface area contributed by atoms with Crippen molar-refractivity contribution in [1.29, 1.82) is 0 Å². The van der Waals surface area contributed by atoms with E-state index in [1.165, 1.54) is 13.0 Å². The molecule has 1 rings (SSSR count). The van der Waals surface area contributed by atoms with Crippen LogP contribution >= 0.6 is 0 Å². The largest absolute Gasteiger partial charge is 0.478 e. The molecule has 92 valence electrons. The Bertz CT molecular complexity index is 452. The first-order valence-corrected chi connectivity index (χ1v) is 5.48. The molecule has 0 bridgehead atoms. The standard InChI is InChI=1S/C13H17NO3/c1-8(2)14(10(4)15)12-6-5-11(13(16)17)7-9(12)3/h5-8H,1-4H3,(H,16,17). The third-order valence-electron chi connectivity index (χ3n) is 2.56. The Hall–Kier alpha value is -1.84. The quantitative estimate of drug-likeness (QED) is 0.875. The van der Waals surface area contributed by atoms with Gasteiger partial charge in [-0.15, -0.1) is 0 Å². The minimum Gasteiger partial charge on any atom is -0.478 e. The SMILES string of the molecule is CC(=O)N(c1ccc(C(=O)O)cc1C)C(C)C. The van der Waals surface area contributed by atoms with Gasteiger partial charge in [0.1, 0.15) is 0 Å². The van der Waals surface area contributed by atoms with E-state index in [9.17, 15) is 9.59 Å². The molecule has 0 radical (unpaired) electrons. The van der Waals surface area contributed by atoms with Gasteiger partial charge >= 0.3 is 5.97 Å². The molecular formula is C13H17NO3. The predicted octanol–water partition coefficient (Wildman–Crippen LogP) is 2.45. The predicted molar refractivity (Wildman–Crippen MR) is 66.4 cm³/mol. The van der Waals surface area contributed by atoms with Crippen molar-refractivity contribution in [3.05, 3.63) is 29.3 Å². The molecule has 4 heteroatoms. The van der Waals surface area contributed by atoms with Crippen molar-refractivity contribution in [3.8, 4) is 0 Å². The summed E-state index contributed by atoms with van der Waals surface area (Å²) in [6, 6.07) is 4.82. The lowest BCUT2D eigenvalue weighted by atomic mass is 10.1. The molecule has 0 aliphatic heterocycles. The van der Waals surface area contributed by atoms with Crippen LogP contribution in [0.4, 0.5) is 5.69 Å². The smallest absolute Gasteiger partial charge is 0.335 e. The highest BCUT2D eigenvalue weighted by Gasteiger charge is 2.17. The maximum atomic E-state index is 11.6. The Kier molecular flexibility index (Phi) is 3.89. The number of anilines is 1. The molecule has 0 aliphatic carbocycles. The number of amides is 1. The van der Waals surface area contributed by atoms with Gasteiger partial charge in [-0.2, -0.15) is 0 Å². The molecule has 1 amide bonds. The third kappa shape index (κ3) is 2.84. The molecule has 0 heterocycles. The summed E-state index contributed by atoms with van der Waals surface area (Å²) < 4.78 is 0. The van der Waals surface area contributed by atoms with Crippen molar-refractivity contribution in [2.24, 2.45) is 0 Å². The first kappa shape index (κ1) is 13.2. The van der Waals surface area contributed by atoms with E-state index in [4.69, 9.17) is 5.11 Å². The maximum absolute atomic E-state index is 11.6. The van der Waals surface area contributed by atoms with Crippen LogP contribution in [0.1, 0.15) is 36.7 Å². The van der Waals surface area contributed by atoms with Gasteiger partial charge in [0, 0.05) is 18.7 Å². The Balaban J connectivity index is 3.22. The number of carboxylic acids is 1. The maximum Gasteiger partial charge on any atom is 0.335 e. The summed E-state index contributed by atoms with van der Waals surface area (Å²) in [5.41, 5.74) is 1.78. The zero-order valence-electron chi connectivity index (χ0n) is 10.5. The Labute approximate surface area is 101 Å². The van der Waals surface area contributed by atoms with Crippen LogP contribution in [0.3, 0.4) is 0 Å². The van der Waals surface area contributed by atoms with E-state index >= 15 is 0 Å². The highest BCUT2D eigenvalue weighted by atomic mass is 16.4. The molecule has 0 atom stereocenters. The van der Waals surface area contributed by atoms with Crippen molar-refractivity contribution in [2.75, 3.05) is 4.90 Å². The van der Waals surface area contributed by atoms with Gasteiger partial charge in [-0.25, -0.2) is 4.79 Å². The molecule has 4 nitrogen and oxygen atoms in total. The number of carbonyl (C=O) groups excluding carboxylic acids is 1. The molecule has 0 spiro atoms. The molecule has 1 aromatic carbocycles. The van der Waals surface area contributed by atoms with Crippen molar-refractivity contribution < 1.29 is 14.7 Å². The van der Waals surface area contributed by atoms with Gasteiger partial charge in [0.25, 0.3) is 0 Å². The van der Waals surface area contributed by atoms with E-state index in [2.05, 4.69) is 0 Å². The second-order valence-electron chi connectivity index (χ2n) is 4.29. The van der Waals surface area contributed by atoms with Crippen LogP contribution in [0.15, 0.2) is 18.2 Å². The van der Waals surface area contributed by atoms with Gasteiger partial charge in [-0.3, -0.25) is 4.79 Å². The number of aromatic carboxylic acids is 1. The Morgan fingerprint density at radius 3 is 2.24 bits per heavy atom. The van der Waals surface area contributed by atoms with E-state index in [0.29, 0.717) is 0 Å². The number of aryl methyl sites for hydroxylation is 1. The zero-order chi connectivity index (χ0) is 13.2. The molecule has 1 N–H and O–H groups in total. The Morgan fingerprint density at radius 1 is 1.29 bits per heavy atom. The van der Waals surface area contributed by atoms with Gasteiger partial charge in [0.2, 0.25) is 5.91 Å². The fourth-order valence-corrected chi connectivity index (χ4v) is 1.87. The van der Waals surface area contributed by atoms with Crippen LogP contribution in [0.25, 0.3) is 0 Å². The monoisotopic (exact) mass is 235 g/mol. The molecule has 0 aromatic heterocycles. The van der Waals surface area contributed by atoms with Crippen LogP contribution in [-0.2, 0) is 4.79 Å². The van der Waals surface area contributed by atoms with Gasteiger partial charge in [-0.05, 0) is 44.5 Å². The number of hydrogen-bond donors (Lipinski definition) is 1. The van der Waals surface area contributed by atoms with Crippen LogP contribution in [0.5, 0.6) is 0 Å². The van der Waals surface area contributed by atoms with E-state index in [0.717, 1.165) is 11.3 Å². The number of hydrogen-bond acceptors (Lipinski definition) is 2. The summed E-state index contributed by atoms with van der Waals surface area (Å²) in [6.07, 6.45) is 0. The van der Waals surface area contributed by atoms with E-state index in [-0.39, 0.29) is 17.5 Å². The lowest BCUT2D eigenvalue weighted by Crippen LogP contribution is -2.35. The average molecular weight is 235 g/mol. The number of carbonyl (C=O) groups is 2. The first-order valence-electron chi connectivity index (χ1n) is 5.48. The van der Waals surface area contributed by atoms with E-state index in [1.54, 1.807) is 24.0 Å². The molecule has 0 fully saturated rings. The average Bonchev–Trinajstić information content (AvgIpc) is 2.19. The van der Waals surface area contributed by atoms with Crippen LogP contribution in [0, 0.1) is 6.92 Å². The minimum atomic E-state index is -0.960. The highest BCUT2D eigenvalue weighted by Crippen LogP contribution is 2.23. The van der Waals surface area contributed by atoms with Gasteiger partial charge in [-0.1, -0.05) is 0 Å². The topological polar surface area (TPSA) is 57.6 Å². The summed E-state index contributed by atoms with van der Waals surface area (Å²) in [6.45, 7) is 7.16. The molecule has 1 aromatic rings. The molecule has 0 unspecified atom stereocenters. The highest BCUT2D eigenvalue weighted by molar-refractivity contribution is 5.94. The van der Waals surface area contributed by atoms with Crippen molar-refractivity contribution in [1.82, 2.24) is 0 Å². The molecule has 17 heavy (non-hydrogen) atoms. The van der Waals surface area contributed by atoms with Crippen LogP contribution in [0.2, 0.25) is 0 Å². The van der Waals surface area contributed by atoms with Crippen molar-refractivity contribution in [2.45, 2.75) is 33.7 Å². The number of carboxylic acid groups (broad SMARTS) is 1. The summed E-state index contributed by atoms with van der Waals surface area (Å²) in [4.78, 5) is 24.0. The van der Waals surface area contributed by atoms with Gasteiger partial charge < -0.3 is 10.0 Å². The van der Waals surface area contributed by atoms with Gasteiger partial charge in [0.05, 0.1) is 5.56 Å². The summed E-state index contributed by atoms with van der Waals surface area (Å²) in [5.74, 6) is -1.01. The lowest BCUT2D eigenvalue weighted by Gasteiger charge is -2.27. The first-order chi connectivity index (χ1) is 7.84. The number of nitrogens with zero attached hydrogens (tertiary/aromatic N) is 1. The second kappa shape index (κ2) is 4.99. The number of benzene rings is 1. The minimum absolute atomic E-state index is 0.0434. The van der Waals surface area contributed by atoms with Crippen LogP contribution < -0.4 is 4.90 Å². The lowest BCUT2D eigenvalue weighted by molar-refractivity contribution is -0.116. The summed E-state index contributed by atoms with van der Waals surface area (Å²) >= 11 is 0. The Morgan fingerprint density at radius 2 is 1.88 bits per heavy atom. The van der Waals surface area contributed by atoms with Crippen molar-refractivity contribution in [3.63, 3.8) is 0 Å². The van der Waals surface area contributed by atoms with Crippen molar-refractivity contribution >= 4 is 17.6 Å². The molecular weight excluding hydrogens is 218 g/mol. The molecule has 0 saturated heterocycles. The third-order valence-corrected chi connectivity index (χ3v) is 2.56. The zero-order valence-corrected chi connectivity index (χ0v) is 10.5. The van der Waals surface area contributed by atoms with E-state index in [1.807, 2.05) is 13.8 Å². The van der Waals surface area contributed by atoms with Crippen LogP contribution in [-0.4, -0.2) is 23.0 Å². The second-order valence-corrected chi connectivity index (χ2v) is 4.29. The summed E-state index contributed by atoms with van der Waals surface area (Å²) in [7, 11) is 0. The fourth-order valence-electron chi connectivity index (χ4n) is 1.87.